The summed E-state index contributed by atoms with van der Waals surface area (Å²) in [6.45, 7) is 7.95. The standard InChI is InChI=1S/C33H31FO3/c1-19-17-26(20(2)9-8-12-23-14-13-21(3)30(34)29(23)33(35)36)32-27(18-19)28(24-15-16-24)22(4)31(37-32)25-10-6-5-7-11-25/h5-11,13-14,17-18,20H,12,15-16H2,1-4H3,(H,35,36)/b9-8+/t20-/m0/s1. The molecule has 1 saturated carbocycles. The largest absolute Gasteiger partial charge is 0.478 e. The summed E-state index contributed by atoms with van der Waals surface area (Å²) in [5.41, 5.74) is 8.96. The van der Waals surface area contributed by atoms with E-state index in [4.69, 9.17) is 4.74 Å². The first-order valence-corrected chi connectivity index (χ1v) is 12.8. The molecule has 3 aromatic carbocycles. The smallest absolute Gasteiger partial charge is 0.338 e. The van der Waals surface area contributed by atoms with Crippen molar-refractivity contribution in [3.05, 3.63) is 123 Å². The first-order valence-electron chi connectivity index (χ1n) is 12.8. The predicted octanol–water partition coefficient (Wildman–Crippen LogP) is 8.41. The number of halogens is 1. The summed E-state index contributed by atoms with van der Waals surface area (Å²) in [5, 5.41) is 9.55. The lowest BCUT2D eigenvalue weighted by Crippen LogP contribution is -2.11. The molecule has 2 aliphatic rings. The van der Waals surface area contributed by atoms with Gasteiger partial charge in [0.15, 0.2) is 0 Å². The third-order valence-corrected chi connectivity index (χ3v) is 7.23. The number of aryl methyl sites for hydroxylation is 2. The van der Waals surface area contributed by atoms with Gasteiger partial charge in [0, 0.05) is 28.2 Å². The van der Waals surface area contributed by atoms with E-state index in [9.17, 15) is 14.3 Å². The zero-order valence-corrected chi connectivity index (χ0v) is 21.7. The highest BCUT2D eigenvalue weighted by Gasteiger charge is 2.31. The molecule has 1 atom stereocenters. The molecule has 3 nitrogen and oxygen atoms in total. The van der Waals surface area contributed by atoms with E-state index in [2.05, 4.69) is 51.1 Å². The Morgan fingerprint density at radius 2 is 1.81 bits per heavy atom. The maximum atomic E-state index is 14.5. The second kappa shape index (κ2) is 9.85. The zero-order valence-electron chi connectivity index (χ0n) is 21.7. The maximum absolute atomic E-state index is 14.5. The Kier molecular flexibility index (Phi) is 6.59. The van der Waals surface area contributed by atoms with E-state index in [-0.39, 0.29) is 11.5 Å². The quantitative estimate of drug-likeness (QED) is 0.350. The number of benzene rings is 3. The normalized spacial score (nSPS) is 15.6. The Labute approximate surface area is 217 Å². The van der Waals surface area contributed by atoms with Crippen LogP contribution in [0.1, 0.15) is 76.3 Å². The molecular weight excluding hydrogens is 463 g/mol. The molecule has 0 radical (unpaired) electrons. The molecule has 0 amide bonds. The van der Waals surface area contributed by atoms with Gasteiger partial charge in [0.2, 0.25) is 0 Å². The molecule has 0 aromatic heterocycles. The van der Waals surface area contributed by atoms with E-state index in [1.807, 2.05) is 24.3 Å². The molecule has 1 fully saturated rings. The van der Waals surface area contributed by atoms with Crippen LogP contribution in [0.5, 0.6) is 5.75 Å². The lowest BCUT2D eigenvalue weighted by Gasteiger charge is -2.28. The molecular formula is C33H31FO3. The SMILES string of the molecule is CC1=C(c2ccccc2)Oc2c(cc(C)cc2[C@@H](C)/C=C/Cc2ccc(C)c(F)c2C(=O)O)C1=C1CC1. The number of ether oxygens (including phenoxy) is 1. The number of carbonyl (C=O) groups is 1. The number of allylic oxidation sites excluding steroid dienone is 5. The third-order valence-electron chi connectivity index (χ3n) is 7.23. The van der Waals surface area contributed by atoms with E-state index in [1.165, 1.54) is 22.3 Å². The van der Waals surface area contributed by atoms with Gasteiger partial charge < -0.3 is 9.84 Å². The van der Waals surface area contributed by atoms with E-state index < -0.39 is 11.8 Å². The van der Waals surface area contributed by atoms with Crippen molar-refractivity contribution < 1.29 is 19.0 Å². The summed E-state index contributed by atoms with van der Waals surface area (Å²) in [7, 11) is 0. The number of rotatable bonds is 6. The molecule has 0 saturated heterocycles. The number of hydrogen-bond acceptors (Lipinski definition) is 2. The van der Waals surface area contributed by atoms with Gasteiger partial charge in [0.05, 0.1) is 5.56 Å². The Balaban J connectivity index is 1.51. The Morgan fingerprint density at radius 3 is 2.49 bits per heavy atom. The molecule has 0 bridgehead atoms. The molecule has 188 valence electrons. The molecule has 1 aliphatic carbocycles. The lowest BCUT2D eigenvalue weighted by atomic mass is 9.86. The van der Waals surface area contributed by atoms with E-state index >= 15 is 0 Å². The van der Waals surface area contributed by atoms with Gasteiger partial charge in [-0.15, -0.1) is 0 Å². The Bertz CT molecular complexity index is 1490. The Hall–Kier alpha value is -3.92. The second-order valence-electron chi connectivity index (χ2n) is 10.1. The van der Waals surface area contributed by atoms with Gasteiger partial charge in [-0.2, -0.15) is 0 Å². The first-order chi connectivity index (χ1) is 17.8. The first kappa shape index (κ1) is 24.8. The van der Waals surface area contributed by atoms with Crippen LogP contribution in [0.25, 0.3) is 11.3 Å². The maximum Gasteiger partial charge on any atom is 0.338 e. The highest BCUT2D eigenvalue weighted by molar-refractivity contribution is 5.95. The van der Waals surface area contributed by atoms with Gasteiger partial charge in [0.25, 0.3) is 0 Å². The average Bonchev–Trinajstić information content (AvgIpc) is 3.70. The van der Waals surface area contributed by atoms with Crippen LogP contribution in [0.3, 0.4) is 0 Å². The molecule has 1 N–H and O–H groups in total. The predicted molar refractivity (Wildman–Crippen MR) is 146 cm³/mol. The van der Waals surface area contributed by atoms with Crippen molar-refractivity contribution in [2.24, 2.45) is 0 Å². The minimum atomic E-state index is -1.24. The molecule has 3 aromatic rings. The fourth-order valence-electron chi connectivity index (χ4n) is 5.19. The topological polar surface area (TPSA) is 46.5 Å². The second-order valence-corrected chi connectivity index (χ2v) is 10.1. The van der Waals surface area contributed by atoms with E-state index in [1.54, 1.807) is 19.1 Å². The van der Waals surface area contributed by atoms with Gasteiger partial charge >= 0.3 is 5.97 Å². The number of carboxylic acids is 1. The molecule has 4 heteroatoms. The lowest BCUT2D eigenvalue weighted by molar-refractivity contribution is 0.0690. The minimum absolute atomic E-state index is 0.0121. The number of fused-ring (bicyclic) bond motifs is 1. The summed E-state index contributed by atoms with van der Waals surface area (Å²) < 4.78 is 21.2. The highest BCUT2D eigenvalue weighted by Crippen LogP contribution is 2.51. The molecule has 1 aliphatic heterocycles. The van der Waals surface area contributed by atoms with Crippen LogP contribution in [0, 0.1) is 19.7 Å². The minimum Gasteiger partial charge on any atom is -0.478 e. The number of hydrogen-bond donors (Lipinski definition) is 1. The van der Waals surface area contributed by atoms with Crippen molar-refractivity contribution in [1.82, 2.24) is 0 Å². The van der Waals surface area contributed by atoms with Crippen molar-refractivity contribution in [2.45, 2.75) is 52.9 Å². The fraction of sp³-hybridized carbons (Fsp3) is 0.242. The summed E-state index contributed by atoms with van der Waals surface area (Å²) in [6, 6.07) is 17.9. The van der Waals surface area contributed by atoms with Crippen LogP contribution in [-0.2, 0) is 6.42 Å². The van der Waals surface area contributed by atoms with Crippen LogP contribution < -0.4 is 4.74 Å². The van der Waals surface area contributed by atoms with Crippen molar-refractivity contribution >= 4 is 17.3 Å². The van der Waals surface area contributed by atoms with Gasteiger partial charge in [0.1, 0.15) is 17.3 Å². The van der Waals surface area contributed by atoms with E-state index in [0.717, 1.165) is 41.0 Å². The van der Waals surface area contributed by atoms with Gasteiger partial charge in [-0.1, -0.05) is 73.2 Å². The van der Waals surface area contributed by atoms with Crippen LogP contribution >= 0.6 is 0 Å². The van der Waals surface area contributed by atoms with Crippen LogP contribution in [0.15, 0.2) is 77.9 Å². The van der Waals surface area contributed by atoms with Gasteiger partial charge in [-0.3, -0.25) is 0 Å². The van der Waals surface area contributed by atoms with Crippen LogP contribution in [0.4, 0.5) is 4.39 Å². The zero-order chi connectivity index (χ0) is 26.3. The molecule has 37 heavy (non-hydrogen) atoms. The Morgan fingerprint density at radius 1 is 1.08 bits per heavy atom. The highest BCUT2D eigenvalue weighted by atomic mass is 19.1. The molecule has 5 rings (SSSR count). The van der Waals surface area contributed by atoms with Crippen LogP contribution in [-0.4, -0.2) is 11.1 Å². The van der Waals surface area contributed by atoms with Crippen molar-refractivity contribution in [3.8, 4) is 5.75 Å². The summed E-state index contributed by atoms with van der Waals surface area (Å²) >= 11 is 0. The summed E-state index contributed by atoms with van der Waals surface area (Å²) in [4.78, 5) is 11.7. The molecule has 0 spiro atoms. The summed E-state index contributed by atoms with van der Waals surface area (Å²) in [5.74, 6) is -0.115. The number of carboxylic acid groups (broad SMARTS) is 1. The van der Waals surface area contributed by atoms with E-state index in [0.29, 0.717) is 17.5 Å². The number of aromatic carboxylic acids is 1. The van der Waals surface area contributed by atoms with Crippen molar-refractivity contribution in [3.63, 3.8) is 0 Å². The molecule has 1 heterocycles. The van der Waals surface area contributed by atoms with Crippen molar-refractivity contribution in [1.29, 1.82) is 0 Å². The fourth-order valence-corrected chi connectivity index (χ4v) is 5.19. The van der Waals surface area contributed by atoms with Gasteiger partial charge in [-0.25, -0.2) is 9.18 Å². The van der Waals surface area contributed by atoms with Crippen LogP contribution in [0.2, 0.25) is 0 Å². The third kappa shape index (κ3) is 4.76. The van der Waals surface area contributed by atoms with Crippen molar-refractivity contribution in [2.75, 3.05) is 0 Å². The summed E-state index contributed by atoms with van der Waals surface area (Å²) in [6.07, 6.45) is 6.55. The monoisotopic (exact) mass is 494 g/mol. The van der Waals surface area contributed by atoms with Gasteiger partial charge in [-0.05, 0) is 68.4 Å². The average molecular weight is 495 g/mol. The molecule has 0 unspecified atom stereocenters.